The van der Waals surface area contributed by atoms with Crippen LogP contribution in [-0.2, 0) is 4.79 Å². The Morgan fingerprint density at radius 3 is 2.44 bits per heavy atom. The second-order valence-electron chi connectivity index (χ2n) is 9.35. The first-order chi connectivity index (χ1) is 18.7. The Labute approximate surface area is 225 Å². The van der Waals surface area contributed by atoms with Crippen molar-refractivity contribution in [1.29, 1.82) is 0 Å². The van der Waals surface area contributed by atoms with E-state index in [1.165, 1.54) is 18.2 Å². The van der Waals surface area contributed by atoms with Crippen molar-refractivity contribution in [3.05, 3.63) is 84.6 Å². The molecule has 39 heavy (non-hydrogen) atoms. The van der Waals surface area contributed by atoms with E-state index >= 15 is 0 Å². The summed E-state index contributed by atoms with van der Waals surface area (Å²) in [5.41, 5.74) is 3.18. The number of carboxylic acids is 1. The quantitative estimate of drug-likeness (QED) is 0.211. The summed E-state index contributed by atoms with van der Waals surface area (Å²) in [5, 5.41) is 32.5. The third-order valence-corrected chi connectivity index (χ3v) is 5.88. The SMILES string of the molecule is CC(C)c1nc(-c2ccc(F)cc2)c(-c2ccnc(Nc3ccccc3)n2)n1/C=C/[C@@H](O)C[C@@H](O)CC(=O)O. The average molecular weight is 532 g/mol. The van der Waals surface area contributed by atoms with Crippen LogP contribution in [0, 0.1) is 5.82 Å². The molecule has 0 saturated heterocycles. The van der Waals surface area contributed by atoms with Crippen LogP contribution >= 0.6 is 0 Å². The van der Waals surface area contributed by atoms with Crippen molar-refractivity contribution in [1.82, 2.24) is 19.5 Å². The first-order valence-corrected chi connectivity index (χ1v) is 12.5. The molecule has 0 aliphatic rings. The second kappa shape index (κ2) is 12.4. The molecule has 4 aromatic rings. The van der Waals surface area contributed by atoms with Gasteiger partial charge in [0, 0.05) is 36.0 Å². The van der Waals surface area contributed by atoms with Crippen molar-refractivity contribution in [3.8, 4) is 22.6 Å². The summed E-state index contributed by atoms with van der Waals surface area (Å²) in [5.74, 6) is -0.534. The molecule has 10 heteroatoms. The third-order valence-electron chi connectivity index (χ3n) is 5.88. The van der Waals surface area contributed by atoms with Gasteiger partial charge in [-0.15, -0.1) is 0 Å². The number of anilines is 2. The van der Waals surface area contributed by atoms with Gasteiger partial charge < -0.3 is 25.2 Å². The molecule has 4 N–H and O–H groups in total. The number of benzene rings is 2. The van der Waals surface area contributed by atoms with E-state index in [2.05, 4.69) is 10.3 Å². The summed E-state index contributed by atoms with van der Waals surface area (Å²) in [7, 11) is 0. The highest BCUT2D eigenvalue weighted by molar-refractivity contribution is 5.79. The third kappa shape index (κ3) is 7.13. The van der Waals surface area contributed by atoms with Crippen molar-refractivity contribution in [2.45, 2.75) is 44.8 Å². The Hall–Kier alpha value is -4.41. The summed E-state index contributed by atoms with van der Waals surface area (Å²) in [6.07, 6.45) is 1.81. The summed E-state index contributed by atoms with van der Waals surface area (Å²) >= 11 is 0. The molecule has 9 nitrogen and oxygen atoms in total. The van der Waals surface area contributed by atoms with E-state index in [9.17, 15) is 19.4 Å². The standard InChI is InChI=1S/C29H30FN5O4/c1-18(2)28-34-26(19-8-10-20(30)11-9-19)27(35(28)15-13-22(36)16-23(37)17-25(38)39)24-12-14-31-29(33-24)32-21-6-4-3-5-7-21/h3-15,18,22-23,36-37H,16-17H2,1-2H3,(H,38,39)(H,31,32,33)/b15-13+/t22-,23-/m1/s1. The first kappa shape index (κ1) is 27.6. The molecule has 0 aliphatic heterocycles. The summed E-state index contributed by atoms with van der Waals surface area (Å²) < 4.78 is 15.5. The number of rotatable bonds is 11. The number of aromatic nitrogens is 4. The van der Waals surface area contributed by atoms with E-state index in [0.717, 1.165) is 5.69 Å². The Morgan fingerprint density at radius 1 is 1.05 bits per heavy atom. The van der Waals surface area contributed by atoms with Gasteiger partial charge in [0.05, 0.1) is 35.7 Å². The number of para-hydroxylation sites is 1. The highest BCUT2D eigenvalue weighted by Gasteiger charge is 2.23. The number of halogens is 1. The van der Waals surface area contributed by atoms with Crippen LogP contribution in [-0.4, -0.2) is 53.0 Å². The highest BCUT2D eigenvalue weighted by atomic mass is 19.1. The van der Waals surface area contributed by atoms with Crippen molar-refractivity contribution in [2.24, 2.45) is 0 Å². The van der Waals surface area contributed by atoms with Gasteiger partial charge in [-0.25, -0.2) is 19.3 Å². The van der Waals surface area contributed by atoms with Crippen molar-refractivity contribution in [2.75, 3.05) is 5.32 Å². The van der Waals surface area contributed by atoms with Gasteiger partial charge in [-0.05, 0) is 48.5 Å². The maximum Gasteiger partial charge on any atom is 0.305 e. The van der Waals surface area contributed by atoms with Crippen LogP contribution in [0.3, 0.4) is 0 Å². The molecule has 202 valence electrons. The maximum absolute atomic E-state index is 13.7. The van der Waals surface area contributed by atoms with Crippen LogP contribution in [0.2, 0.25) is 0 Å². The molecule has 0 saturated carbocycles. The molecule has 2 atom stereocenters. The number of imidazole rings is 1. The van der Waals surface area contributed by atoms with E-state index in [0.29, 0.717) is 34.4 Å². The number of hydrogen-bond donors (Lipinski definition) is 4. The van der Waals surface area contributed by atoms with Crippen LogP contribution in [0.5, 0.6) is 0 Å². The topological polar surface area (TPSA) is 133 Å². The van der Waals surface area contributed by atoms with Gasteiger partial charge >= 0.3 is 5.97 Å². The fourth-order valence-corrected chi connectivity index (χ4v) is 4.09. The predicted octanol–water partition coefficient (Wildman–Crippen LogP) is 5.07. The minimum absolute atomic E-state index is 0.0407. The second-order valence-corrected chi connectivity index (χ2v) is 9.35. The molecule has 0 radical (unpaired) electrons. The zero-order chi connectivity index (χ0) is 27.9. The number of aliphatic hydroxyl groups is 2. The van der Waals surface area contributed by atoms with E-state index < -0.39 is 24.6 Å². The Balaban J connectivity index is 1.80. The fourth-order valence-electron chi connectivity index (χ4n) is 4.09. The summed E-state index contributed by atoms with van der Waals surface area (Å²) in [6.45, 7) is 3.95. The number of carbonyl (C=O) groups is 1. The zero-order valence-electron chi connectivity index (χ0n) is 21.6. The summed E-state index contributed by atoms with van der Waals surface area (Å²) in [4.78, 5) is 24.8. The number of hydrogen-bond acceptors (Lipinski definition) is 7. The van der Waals surface area contributed by atoms with Crippen molar-refractivity contribution < 1.29 is 24.5 Å². The normalized spacial score (nSPS) is 13.1. The fraction of sp³-hybridized carbons (Fsp3) is 0.241. The molecule has 2 heterocycles. The minimum Gasteiger partial charge on any atom is -0.481 e. The Bertz CT molecular complexity index is 1440. The van der Waals surface area contributed by atoms with Crippen LogP contribution < -0.4 is 5.32 Å². The molecule has 0 unspecified atom stereocenters. The molecular formula is C29H30FN5O4. The lowest BCUT2D eigenvalue weighted by atomic mass is 10.1. The molecule has 0 fully saturated rings. The Kier molecular flexibility index (Phi) is 8.80. The molecule has 0 amide bonds. The molecule has 0 aliphatic carbocycles. The van der Waals surface area contributed by atoms with Crippen LogP contribution in [0.4, 0.5) is 16.0 Å². The van der Waals surface area contributed by atoms with Crippen LogP contribution in [0.25, 0.3) is 28.8 Å². The molecule has 0 bridgehead atoms. The predicted molar refractivity (Wildman–Crippen MR) is 147 cm³/mol. The van der Waals surface area contributed by atoms with Crippen LogP contribution in [0.15, 0.2) is 72.9 Å². The van der Waals surface area contributed by atoms with Crippen molar-refractivity contribution in [3.63, 3.8) is 0 Å². The number of nitrogens with zero attached hydrogens (tertiary/aromatic N) is 4. The van der Waals surface area contributed by atoms with Gasteiger partial charge in [-0.1, -0.05) is 32.0 Å². The van der Waals surface area contributed by atoms with Gasteiger partial charge in [0.15, 0.2) is 0 Å². The van der Waals surface area contributed by atoms with Gasteiger partial charge in [0.1, 0.15) is 11.6 Å². The van der Waals surface area contributed by atoms with E-state index in [-0.39, 0.29) is 18.2 Å². The largest absolute Gasteiger partial charge is 0.481 e. The first-order valence-electron chi connectivity index (χ1n) is 12.5. The monoisotopic (exact) mass is 531 g/mol. The lowest BCUT2D eigenvalue weighted by Crippen LogP contribution is -2.19. The zero-order valence-corrected chi connectivity index (χ0v) is 21.6. The van der Waals surface area contributed by atoms with Gasteiger partial charge in [-0.2, -0.15) is 0 Å². The molecule has 4 rings (SSSR count). The van der Waals surface area contributed by atoms with Gasteiger partial charge in [0.25, 0.3) is 0 Å². The number of aliphatic hydroxyl groups excluding tert-OH is 2. The minimum atomic E-state index is -1.20. The van der Waals surface area contributed by atoms with Gasteiger partial charge in [-0.3, -0.25) is 4.79 Å². The molecule has 2 aromatic carbocycles. The number of nitrogens with one attached hydrogen (secondary N) is 1. The average Bonchev–Trinajstić information content (AvgIpc) is 3.28. The van der Waals surface area contributed by atoms with Crippen LogP contribution in [0.1, 0.15) is 38.4 Å². The lowest BCUT2D eigenvalue weighted by Gasteiger charge is -2.13. The van der Waals surface area contributed by atoms with E-state index in [4.69, 9.17) is 15.1 Å². The smallest absolute Gasteiger partial charge is 0.305 e. The van der Waals surface area contributed by atoms with Gasteiger partial charge in [0.2, 0.25) is 5.95 Å². The lowest BCUT2D eigenvalue weighted by molar-refractivity contribution is -0.139. The summed E-state index contributed by atoms with van der Waals surface area (Å²) in [6, 6.07) is 17.2. The van der Waals surface area contributed by atoms with E-state index in [1.54, 1.807) is 35.2 Å². The highest BCUT2D eigenvalue weighted by Crippen LogP contribution is 2.35. The van der Waals surface area contributed by atoms with Crippen molar-refractivity contribution >= 4 is 23.8 Å². The number of aliphatic carboxylic acids is 1. The maximum atomic E-state index is 13.7. The van der Waals surface area contributed by atoms with E-state index in [1.807, 2.05) is 44.2 Å². The molecule has 0 spiro atoms. The Morgan fingerprint density at radius 2 is 1.77 bits per heavy atom. The number of carboxylic acid groups (broad SMARTS) is 1. The molecular weight excluding hydrogens is 501 g/mol. The molecule has 2 aromatic heterocycles.